The minimum Gasteiger partial charge on any atom is -0.310 e. The van der Waals surface area contributed by atoms with Gasteiger partial charge in [-0.25, -0.2) is 9.69 Å². The van der Waals surface area contributed by atoms with Gasteiger partial charge in [-0.15, -0.1) is 11.8 Å². The molecule has 5 amide bonds. The second-order valence-corrected chi connectivity index (χ2v) is 7.84. The van der Waals surface area contributed by atoms with Crippen molar-refractivity contribution in [3.63, 3.8) is 0 Å². The van der Waals surface area contributed by atoms with Gasteiger partial charge in [-0.3, -0.25) is 19.3 Å². The van der Waals surface area contributed by atoms with Crippen molar-refractivity contribution >= 4 is 41.2 Å². The molecule has 0 radical (unpaired) electrons. The Kier molecular flexibility index (Phi) is 5.31. The van der Waals surface area contributed by atoms with Gasteiger partial charge in [0.25, 0.3) is 0 Å². The number of amides is 5. The first-order valence-corrected chi connectivity index (χ1v) is 9.55. The maximum absolute atomic E-state index is 12.9. The summed E-state index contributed by atoms with van der Waals surface area (Å²) >= 11 is 1.70. The lowest BCUT2D eigenvalue weighted by molar-refractivity contribution is -0.143. The van der Waals surface area contributed by atoms with Gasteiger partial charge >= 0.3 is 17.8 Å². The van der Waals surface area contributed by atoms with Crippen LogP contribution >= 0.6 is 11.8 Å². The Balaban J connectivity index is 1.81. The normalized spacial score (nSPS) is 20.5. The fourth-order valence-electron chi connectivity index (χ4n) is 3.08. The number of carbonyl (C=O) groups excluding carboxylic acids is 4. The average molecular weight is 375 g/mol. The van der Waals surface area contributed by atoms with Crippen LogP contribution in [0.1, 0.15) is 26.7 Å². The van der Waals surface area contributed by atoms with Crippen LogP contribution in [0.15, 0.2) is 29.2 Å². The molecule has 2 heterocycles. The van der Waals surface area contributed by atoms with E-state index in [1.165, 1.54) is 0 Å². The fraction of sp³-hybridized carbons (Fsp3) is 0.444. The van der Waals surface area contributed by atoms with Gasteiger partial charge < -0.3 is 4.90 Å². The van der Waals surface area contributed by atoms with Crippen molar-refractivity contribution < 1.29 is 19.2 Å². The van der Waals surface area contributed by atoms with Gasteiger partial charge in [0.1, 0.15) is 6.54 Å². The Hall–Kier alpha value is -2.35. The summed E-state index contributed by atoms with van der Waals surface area (Å²) in [4.78, 5) is 53.6. The van der Waals surface area contributed by atoms with Gasteiger partial charge in [-0.1, -0.05) is 26.0 Å². The second-order valence-electron chi connectivity index (χ2n) is 6.36. The number of urea groups is 1. The first-order chi connectivity index (χ1) is 12.4. The van der Waals surface area contributed by atoms with Crippen molar-refractivity contribution in [2.24, 2.45) is 0 Å². The van der Waals surface area contributed by atoms with E-state index in [2.05, 4.69) is 6.92 Å². The molecule has 0 spiro atoms. The number of benzene rings is 1. The molecule has 0 aliphatic carbocycles. The summed E-state index contributed by atoms with van der Waals surface area (Å²) in [5.74, 6) is -2.15. The highest BCUT2D eigenvalue weighted by molar-refractivity contribution is 8.00. The standard InChI is InChI=1S/C18H21N3O4S/c1-3-9-20-16(23)17(24)21(18(20)25)11-15(22)19-10-8-12(2)26-14-7-5-4-6-13(14)19/h4-7,12H,3,8-11H2,1-2H3/t12-/m1/s1. The summed E-state index contributed by atoms with van der Waals surface area (Å²) in [5.41, 5.74) is 0.780. The number of hydrogen-bond acceptors (Lipinski definition) is 5. The Labute approximate surface area is 156 Å². The summed E-state index contributed by atoms with van der Waals surface area (Å²) in [7, 11) is 0. The zero-order chi connectivity index (χ0) is 18.8. The van der Waals surface area contributed by atoms with Gasteiger partial charge in [0.2, 0.25) is 5.91 Å². The van der Waals surface area contributed by atoms with Crippen LogP contribution in [0.4, 0.5) is 10.5 Å². The lowest BCUT2D eigenvalue weighted by Crippen LogP contribution is -2.44. The number of thioether (sulfide) groups is 1. The summed E-state index contributed by atoms with van der Waals surface area (Å²) in [6.07, 6.45) is 1.36. The van der Waals surface area contributed by atoms with Crippen molar-refractivity contribution in [1.82, 2.24) is 9.80 Å². The maximum atomic E-state index is 12.9. The topological polar surface area (TPSA) is 78.0 Å². The Morgan fingerprint density at radius 3 is 2.58 bits per heavy atom. The first-order valence-electron chi connectivity index (χ1n) is 8.67. The molecule has 2 aliphatic heterocycles. The van der Waals surface area contributed by atoms with Crippen LogP contribution in [0, 0.1) is 0 Å². The summed E-state index contributed by atoms with van der Waals surface area (Å²) in [5, 5.41) is 0.352. The van der Waals surface area contributed by atoms with Crippen molar-refractivity contribution in [2.75, 3.05) is 24.5 Å². The SMILES string of the molecule is CCCN1C(=O)C(=O)N(CC(=O)N2CC[C@@H](C)Sc3ccccc32)C1=O. The van der Waals surface area contributed by atoms with Gasteiger partial charge in [0.15, 0.2) is 0 Å². The highest BCUT2D eigenvalue weighted by Gasteiger charge is 2.45. The molecule has 1 aromatic carbocycles. The third kappa shape index (κ3) is 3.33. The zero-order valence-electron chi connectivity index (χ0n) is 14.8. The predicted octanol–water partition coefficient (Wildman–Crippen LogP) is 2.10. The van der Waals surface area contributed by atoms with E-state index in [-0.39, 0.29) is 12.5 Å². The third-order valence-corrected chi connectivity index (χ3v) is 5.66. The summed E-state index contributed by atoms with van der Waals surface area (Å²) in [6, 6.07) is 6.89. The molecular weight excluding hydrogens is 354 g/mol. The highest BCUT2D eigenvalue weighted by Crippen LogP contribution is 2.37. The fourth-order valence-corrected chi connectivity index (χ4v) is 4.19. The molecule has 26 heavy (non-hydrogen) atoms. The Morgan fingerprint density at radius 2 is 1.85 bits per heavy atom. The molecule has 0 unspecified atom stereocenters. The molecule has 1 atom stereocenters. The van der Waals surface area contributed by atoms with E-state index in [1.807, 2.05) is 31.2 Å². The van der Waals surface area contributed by atoms with Crippen LogP contribution in [-0.2, 0) is 14.4 Å². The smallest absolute Gasteiger partial charge is 0.310 e. The molecule has 1 saturated heterocycles. The number of carbonyl (C=O) groups is 4. The van der Waals surface area contributed by atoms with Gasteiger partial charge in [-0.2, -0.15) is 0 Å². The molecule has 138 valence electrons. The monoisotopic (exact) mass is 375 g/mol. The van der Waals surface area contributed by atoms with Crippen LogP contribution in [0.3, 0.4) is 0 Å². The minimum atomic E-state index is -0.928. The molecule has 0 saturated carbocycles. The van der Waals surface area contributed by atoms with Crippen molar-refractivity contribution in [1.29, 1.82) is 0 Å². The van der Waals surface area contributed by atoms with Crippen LogP contribution in [-0.4, -0.2) is 58.4 Å². The molecule has 8 heteroatoms. The third-order valence-electron chi connectivity index (χ3n) is 4.42. The number of hydrogen-bond donors (Lipinski definition) is 0. The largest absolute Gasteiger partial charge is 0.334 e. The number of imide groups is 2. The molecule has 0 bridgehead atoms. The Bertz CT molecular complexity index is 767. The number of fused-ring (bicyclic) bond motifs is 1. The zero-order valence-corrected chi connectivity index (χ0v) is 15.6. The minimum absolute atomic E-state index is 0.175. The molecule has 3 rings (SSSR count). The quantitative estimate of drug-likeness (QED) is 0.595. The molecule has 7 nitrogen and oxygen atoms in total. The van der Waals surface area contributed by atoms with Crippen molar-refractivity contribution in [2.45, 2.75) is 36.8 Å². The van der Waals surface area contributed by atoms with E-state index in [4.69, 9.17) is 0 Å². The molecule has 0 N–H and O–H groups in total. The Morgan fingerprint density at radius 1 is 1.15 bits per heavy atom. The molecule has 0 aromatic heterocycles. The van der Waals surface area contributed by atoms with Crippen LogP contribution < -0.4 is 4.90 Å². The van der Waals surface area contributed by atoms with E-state index in [0.717, 1.165) is 26.8 Å². The van der Waals surface area contributed by atoms with E-state index < -0.39 is 24.4 Å². The maximum Gasteiger partial charge on any atom is 0.334 e. The predicted molar refractivity (Wildman–Crippen MR) is 97.8 cm³/mol. The van der Waals surface area contributed by atoms with Gasteiger partial charge in [0, 0.05) is 23.2 Å². The summed E-state index contributed by atoms with van der Waals surface area (Å²) < 4.78 is 0. The number of anilines is 1. The average Bonchev–Trinajstić information content (AvgIpc) is 2.77. The molecule has 1 aromatic rings. The lowest BCUT2D eigenvalue weighted by Gasteiger charge is -2.24. The van der Waals surface area contributed by atoms with Crippen molar-refractivity contribution in [3.8, 4) is 0 Å². The van der Waals surface area contributed by atoms with E-state index in [9.17, 15) is 19.2 Å². The second kappa shape index (κ2) is 7.49. The first kappa shape index (κ1) is 18.4. The van der Waals surface area contributed by atoms with Crippen LogP contribution in [0.25, 0.3) is 0 Å². The van der Waals surface area contributed by atoms with Crippen LogP contribution in [0.2, 0.25) is 0 Å². The van der Waals surface area contributed by atoms with E-state index >= 15 is 0 Å². The number of rotatable bonds is 4. The van der Waals surface area contributed by atoms with Gasteiger partial charge in [-0.05, 0) is 25.0 Å². The molecular formula is C18H21N3O4S. The van der Waals surface area contributed by atoms with E-state index in [1.54, 1.807) is 16.7 Å². The highest BCUT2D eigenvalue weighted by atomic mass is 32.2. The molecule has 1 fully saturated rings. The number of para-hydroxylation sites is 1. The van der Waals surface area contributed by atoms with E-state index in [0.29, 0.717) is 18.2 Å². The van der Waals surface area contributed by atoms with Crippen LogP contribution in [0.5, 0.6) is 0 Å². The summed E-state index contributed by atoms with van der Waals surface area (Å²) in [6.45, 7) is 4.18. The lowest BCUT2D eigenvalue weighted by atomic mass is 10.2. The van der Waals surface area contributed by atoms with Gasteiger partial charge in [0.05, 0.1) is 5.69 Å². The number of nitrogens with zero attached hydrogens (tertiary/aromatic N) is 3. The van der Waals surface area contributed by atoms with Crippen molar-refractivity contribution in [3.05, 3.63) is 24.3 Å². The molecule has 2 aliphatic rings.